The number of hydrogen-bond donors (Lipinski definition) is 2. The van der Waals surface area contributed by atoms with E-state index in [1.807, 2.05) is 12.1 Å². The molecular weight excluding hydrogens is 364 g/mol. The molecule has 3 rings (SSSR count). The molecule has 0 amide bonds. The number of fused-ring (bicyclic) bond motifs is 1. The molecule has 0 aliphatic carbocycles. The summed E-state index contributed by atoms with van der Waals surface area (Å²) in [5.41, 5.74) is 11.7. The first-order valence-corrected chi connectivity index (χ1v) is 9.09. The van der Waals surface area contributed by atoms with Crippen molar-refractivity contribution in [2.75, 3.05) is 13.7 Å². The maximum atomic E-state index is 5.69. The van der Waals surface area contributed by atoms with Crippen molar-refractivity contribution in [1.82, 2.24) is 4.98 Å². The van der Waals surface area contributed by atoms with Gasteiger partial charge in [0.1, 0.15) is 5.75 Å². The van der Waals surface area contributed by atoms with Gasteiger partial charge in [-0.2, -0.15) is 0 Å². The zero-order valence-corrected chi connectivity index (χ0v) is 15.7. The molecule has 1 heterocycles. The molecule has 3 aromatic rings. The first-order chi connectivity index (χ1) is 11.7. The van der Waals surface area contributed by atoms with Crippen LogP contribution in [0.5, 0.6) is 5.75 Å². The highest BCUT2D eigenvalue weighted by Gasteiger charge is 2.17. The number of benzene rings is 2. The Balaban J connectivity index is 2.21. The van der Waals surface area contributed by atoms with Gasteiger partial charge in [0.05, 0.1) is 12.8 Å². The Bertz CT molecular complexity index is 854. The number of ether oxygens (including phenoxy) is 1. The predicted molar refractivity (Wildman–Crippen MR) is 105 cm³/mol. The lowest BCUT2D eigenvalue weighted by molar-refractivity contribution is 0.416. The second-order valence-electron chi connectivity index (χ2n) is 6.07. The number of halogens is 1. The molecule has 0 radical (unpaired) electrons. The van der Waals surface area contributed by atoms with Crippen molar-refractivity contribution in [3.63, 3.8) is 0 Å². The Labute approximate surface area is 151 Å². The number of hydrogen-bond acceptors (Lipinski definition) is 2. The van der Waals surface area contributed by atoms with Crippen molar-refractivity contribution in [3.8, 4) is 17.0 Å². The Morgan fingerprint density at radius 3 is 2.75 bits per heavy atom. The van der Waals surface area contributed by atoms with Crippen molar-refractivity contribution in [2.45, 2.75) is 26.2 Å². The lowest BCUT2D eigenvalue weighted by Gasteiger charge is -2.10. The number of para-hydroxylation sites is 1. The molecule has 1 aromatic heterocycles. The van der Waals surface area contributed by atoms with Gasteiger partial charge in [-0.15, -0.1) is 0 Å². The molecule has 3 nitrogen and oxygen atoms in total. The summed E-state index contributed by atoms with van der Waals surface area (Å²) in [6.45, 7) is 2.88. The zero-order chi connectivity index (χ0) is 17.1. The standard InChI is InChI=1S/C20H23BrN2O/c1-13-6-5-8-15-16(7-3-4-11-22)20(23-19(13)15)17-12-14(21)9-10-18(17)24-2/h5-6,8-10,12,23H,3-4,7,11,22H2,1-2H3. The Morgan fingerprint density at radius 2 is 2.00 bits per heavy atom. The van der Waals surface area contributed by atoms with Crippen molar-refractivity contribution in [2.24, 2.45) is 5.73 Å². The number of nitrogens with one attached hydrogen (secondary N) is 1. The van der Waals surface area contributed by atoms with Crippen LogP contribution in [0.3, 0.4) is 0 Å². The summed E-state index contributed by atoms with van der Waals surface area (Å²) in [6.07, 6.45) is 3.12. The van der Waals surface area contributed by atoms with E-state index in [9.17, 15) is 0 Å². The molecular formula is C20H23BrN2O. The number of aromatic nitrogens is 1. The minimum atomic E-state index is 0.733. The van der Waals surface area contributed by atoms with Gasteiger partial charge in [0.2, 0.25) is 0 Å². The highest BCUT2D eigenvalue weighted by molar-refractivity contribution is 9.10. The number of H-pyrrole nitrogens is 1. The van der Waals surface area contributed by atoms with Gasteiger partial charge in [-0.25, -0.2) is 0 Å². The van der Waals surface area contributed by atoms with E-state index in [0.717, 1.165) is 47.3 Å². The van der Waals surface area contributed by atoms with Gasteiger partial charge < -0.3 is 15.5 Å². The van der Waals surface area contributed by atoms with E-state index in [2.05, 4.69) is 52.1 Å². The molecule has 0 atom stereocenters. The molecule has 0 aliphatic rings. The maximum Gasteiger partial charge on any atom is 0.128 e. The normalized spacial score (nSPS) is 11.2. The highest BCUT2D eigenvalue weighted by Crippen LogP contribution is 2.38. The summed E-state index contributed by atoms with van der Waals surface area (Å²) in [4.78, 5) is 3.65. The third-order valence-electron chi connectivity index (χ3n) is 4.46. The van der Waals surface area contributed by atoms with Crippen molar-refractivity contribution in [1.29, 1.82) is 0 Å². The minimum absolute atomic E-state index is 0.733. The van der Waals surface area contributed by atoms with Gasteiger partial charge in [-0.3, -0.25) is 0 Å². The van der Waals surface area contributed by atoms with E-state index in [-0.39, 0.29) is 0 Å². The Hall–Kier alpha value is -1.78. The molecule has 4 heteroatoms. The monoisotopic (exact) mass is 386 g/mol. The molecule has 0 saturated heterocycles. The van der Waals surface area contributed by atoms with Crippen LogP contribution in [0, 0.1) is 6.92 Å². The third kappa shape index (κ3) is 3.21. The molecule has 24 heavy (non-hydrogen) atoms. The van der Waals surface area contributed by atoms with Gasteiger partial charge in [0, 0.05) is 20.9 Å². The summed E-state index contributed by atoms with van der Waals surface area (Å²) < 4.78 is 6.64. The highest BCUT2D eigenvalue weighted by atomic mass is 79.9. The van der Waals surface area contributed by atoms with Crippen LogP contribution in [0.25, 0.3) is 22.2 Å². The van der Waals surface area contributed by atoms with Gasteiger partial charge in [-0.1, -0.05) is 34.1 Å². The lowest BCUT2D eigenvalue weighted by Crippen LogP contribution is -1.99. The van der Waals surface area contributed by atoms with Crippen LogP contribution in [0.1, 0.15) is 24.0 Å². The smallest absolute Gasteiger partial charge is 0.128 e. The second kappa shape index (κ2) is 7.41. The van der Waals surface area contributed by atoms with Crippen molar-refractivity contribution in [3.05, 3.63) is 52.0 Å². The number of methoxy groups -OCH3 is 1. The maximum absolute atomic E-state index is 5.69. The average Bonchev–Trinajstić information content (AvgIpc) is 2.95. The molecule has 0 saturated carbocycles. The van der Waals surface area contributed by atoms with Gasteiger partial charge in [0.25, 0.3) is 0 Å². The quantitative estimate of drug-likeness (QED) is 0.572. The third-order valence-corrected chi connectivity index (χ3v) is 4.95. The number of aryl methyl sites for hydroxylation is 2. The first-order valence-electron chi connectivity index (χ1n) is 8.30. The molecule has 0 bridgehead atoms. The predicted octanol–water partition coefficient (Wildman–Crippen LogP) is 5.20. The minimum Gasteiger partial charge on any atom is -0.496 e. The van der Waals surface area contributed by atoms with Gasteiger partial charge >= 0.3 is 0 Å². The van der Waals surface area contributed by atoms with E-state index in [1.165, 1.54) is 22.0 Å². The number of rotatable bonds is 6. The van der Waals surface area contributed by atoms with Crippen LogP contribution < -0.4 is 10.5 Å². The number of aromatic amines is 1. The van der Waals surface area contributed by atoms with E-state index in [0.29, 0.717) is 0 Å². The fraction of sp³-hybridized carbons (Fsp3) is 0.300. The number of unbranched alkanes of at least 4 members (excludes halogenated alkanes) is 1. The molecule has 2 aromatic carbocycles. The van der Waals surface area contributed by atoms with Crippen molar-refractivity contribution < 1.29 is 4.74 Å². The molecule has 0 fully saturated rings. The molecule has 0 spiro atoms. The lowest BCUT2D eigenvalue weighted by atomic mass is 9.99. The topological polar surface area (TPSA) is 51.0 Å². The summed E-state index contributed by atoms with van der Waals surface area (Å²) >= 11 is 3.58. The molecule has 3 N–H and O–H groups in total. The first kappa shape index (κ1) is 17.1. The fourth-order valence-corrected chi connectivity index (χ4v) is 3.59. The van der Waals surface area contributed by atoms with Crippen LogP contribution in [0.2, 0.25) is 0 Å². The van der Waals surface area contributed by atoms with Crippen LogP contribution in [-0.4, -0.2) is 18.6 Å². The summed E-state index contributed by atoms with van der Waals surface area (Å²) in [5.74, 6) is 0.877. The average molecular weight is 387 g/mol. The van der Waals surface area contributed by atoms with E-state index in [4.69, 9.17) is 10.5 Å². The van der Waals surface area contributed by atoms with E-state index in [1.54, 1.807) is 7.11 Å². The second-order valence-corrected chi connectivity index (χ2v) is 6.98. The van der Waals surface area contributed by atoms with Crippen molar-refractivity contribution >= 4 is 26.8 Å². The summed E-state index contributed by atoms with van der Waals surface area (Å²) in [5, 5.41) is 1.30. The largest absolute Gasteiger partial charge is 0.496 e. The summed E-state index contributed by atoms with van der Waals surface area (Å²) in [7, 11) is 1.72. The number of nitrogens with two attached hydrogens (primary N) is 1. The van der Waals surface area contributed by atoms with Crippen LogP contribution in [-0.2, 0) is 6.42 Å². The molecule has 0 aliphatic heterocycles. The van der Waals surface area contributed by atoms with E-state index < -0.39 is 0 Å². The Kier molecular flexibility index (Phi) is 5.27. The van der Waals surface area contributed by atoms with Crippen LogP contribution >= 0.6 is 15.9 Å². The fourth-order valence-electron chi connectivity index (χ4n) is 3.23. The van der Waals surface area contributed by atoms with Gasteiger partial charge in [-0.05, 0) is 62.1 Å². The van der Waals surface area contributed by atoms with E-state index >= 15 is 0 Å². The zero-order valence-electron chi connectivity index (χ0n) is 14.2. The molecule has 0 unspecified atom stereocenters. The molecule has 126 valence electrons. The van der Waals surface area contributed by atoms with Crippen LogP contribution in [0.15, 0.2) is 40.9 Å². The van der Waals surface area contributed by atoms with Gasteiger partial charge in [0.15, 0.2) is 0 Å². The summed E-state index contributed by atoms with van der Waals surface area (Å²) in [6, 6.07) is 12.6. The Morgan fingerprint density at radius 1 is 1.17 bits per heavy atom. The van der Waals surface area contributed by atoms with Crippen LogP contribution in [0.4, 0.5) is 0 Å². The SMILES string of the molecule is COc1ccc(Br)cc1-c1[nH]c2c(C)cccc2c1CCCCN.